The van der Waals surface area contributed by atoms with Crippen LogP contribution in [0.1, 0.15) is 357 Å². The second kappa shape index (κ2) is 61.6. The first-order valence-electron chi connectivity index (χ1n) is 37.2. The maximum atomic E-state index is 13.0. The zero-order valence-corrected chi connectivity index (χ0v) is 61.3. The first-order chi connectivity index (χ1) is 43.6. The highest BCUT2D eigenvalue weighted by Crippen LogP contribution is 2.45. The lowest BCUT2D eigenvalue weighted by Crippen LogP contribution is -2.30. The van der Waals surface area contributed by atoms with Crippen LogP contribution in [0.25, 0.3) is 0 Å². The molecule has 4 unspecified atom stereocenters. The maximum Gasteiger partial charge on any atom is 0.472 e. The fourth-order valence-electron chi connectivity index (χ4n) is 10.8. The van der Waals surface area contributed by atoms with Gasteiger partial charge in [0.2, 0.25) is 0 Å². The molecule has 0 heterocycles. The second-order valence-corrected chi connectivity index (χ2v) is 30.6. The van der Waals surface area contributed by atoms with Crippen LogP contribution in [0.2, 0.25) is 0 Å². The lowest BCUT2D eigenvalue weighted by Gasteiger charge is -2.21. The summed E-state index contributed by atoms with van der Waals surface area (Å²) in [5, 5.41) is 10.6. The van der Waals surface area contributed by atoms with Crippen LogP contribution in [0.15, 0.2) is 0 Å². The average Bonchev–Trinajstić information content (AvgIpc) is 3.71. The number of hydrogen-bond donors (Lipinski definition) is 3. The van der Waals surface area contributed by atoms with Crippen LogP contribution in [-0.4, -0.2) is 96.7 Å². The zero-order chi connectivity index (χ0) is 67.5. The Balaban J connectivity index is 5.24. The molecular formula is C72H140O17P2. The van der Waals surface area contributed by atoms with Crippen LogP contribution < -0.4 is 0 Å². The maximum absolute atomic E-state index is 13.0. The smallest absolute Gasteiger partial charge is 0.462 e. The number of aliphatic hydroxyl groups excluding tert-OH is 1. The third-order valence-corrected chi connectivity index (χ3v) is 18.8. The van der Waals surface area contributed by atoms with Crippen molar-refractivity contribution in [2.45, 2.75) is 375 Å². The van der Waals surface area contributed by atoms with Crippen molar-refractivity contribution in [3.8, 4) is 0 Å². The molecule has 0 saturated carbocycles. The van der Waals surface area contributed by atoms with E-state index < -0.39 is 97.5 Å². The number of phosphoric acid groups is 2. The van der Waals surface area contributed by atoms with E-state index in [4.69, 9.17) is 37.0 Å². The Morgan fingerprint density at radius 2 is 0.527 bits per heavy atom. The molecule has 91 heavy (non-hydrogen) atoms. The van der Waals surface area contributed by atoms with Crippen molar-refractivity contribution in [2.75, 3.05) is 39.6 Å². The van der Waals surface area contributed by atoms with Crippen molar-refractivity contribution in [2.24, 2.45) is 23.7 Å². The first-order valence-corrected chi connectivity index (χ1v) is 40.2. The molecule has 19 heteroatoms. The van der Waals surface area contributed by atoms with E-state index in [-0.39, 0.29) is 25.7 Å². The average molecular weight is 1340 g/mol. The lowest BCUT2D eigenvalue weighted by molar-refractivity contribution is -0.161. The summed E-state index contributed by atoms with van der Waals surface area (Å²) in [4.78, 5) is 72.6. The molecule has 17 nitrogen and oxygen atoms in total. The monoisotopic (exact) mass is 1340 g/mol. The fourth-order valence-corrected chi connectivity index (χ4v) is 12.4. The predicted octanol–water partition coefficient (Wildman–Crippen LogP) is 20.5. The second-order valence-electron chi connectivity index (χ2n) is 27.6. The zero-order valence-electron chi connectivity index (χ0n) is 59.5. The molecule has 3 N–H and O–H groups in total. The fraction of sp³-hybridized carbons (Fsp3) is 0.944. The summed E-state index contributed by atoms with van der Waals surface area (Å²) in [6, 6.07) is 0. The van der Waals surface area contributed by atoms with Gasteiger partial charge in [0.15, 0.2) is 12.2 Å². The summed E-state index contributed by atoms with van der Waals surface area (Å²) in [6.07, 6.45) is 44.6. The summed E-state index contributed by atoms with van der Waals surface area (Å²) < 4.78 is 68.3. The molecule has 0 aromatic rings. The number of ether oxygens (including phenoxy) is 4. The Kier molecular flexibility index (Phi) is 60.3. The van der Waals surface area contributed by atoms with E-state index in [1.807, 2.05) is 0 Å². The molecule has 0 radical (unpaired) electrons. The van der Waals surface area contributed by atoms with Gasteiger partial charge in [0.25, 0.3) is 0 Å². The third-order valence-electron chi connectivity index (χ3n) is 16.9. The Morgan fingerprint density at radius 1 is 0.308 bits per heavy atom. The standard InChI is InChI=1S/C72H140O17P2/c1-9-65(8)51-43-35-30-31-39-47-55-72(77)89-68(59-83-70(75)53-45-37-29-23-26-34-42-50-64(6)7)61-87-91(80,81)85-57-66(73)56-84-90(78,79)86-60-67(58-82-69(74)52-44-36-27-21-18-14-16-20-25-33-41-49-63(4)5)88-71(76)54-46-38-28-22-17-13-11-10-12-15-19-24-32-40-48-62(2)3/h62-68,73H,9-61H2,1-8H3,(H,78,79)(H,80,81)/t65?,66?,67-,68-/m1/s1. The van der Waals surface area contributed by atoms with Crippen LogP contribution in [0.5, 0.6) is 0 Å². The van der Waals surface area contributed by atoms with Crippen molar-refractivity contribution < 1.29 is 80.2 Å². The Bertz CT molecular complexity index is 1800. The van der Waals surface area contributed by atoms with Gasteiger partial charge in [-0.05, 0) is 49.4 Å². The van der Waals surface area contributed by atoms with Crippen LogP contribution in [0, 0.1) is 23.7 Å². The number of carbonyl (C=O) groups excluding carboxylic acids is 4. The van der Waals surface area contributed by atoms with Gasteiger partial charge in [0.1, 0.15) is 19.3 Å². The quantitative estimate of drug-likeness (QED) is 0.0222. The summed E-state index contributed by atoms with van der Waals surface area (Å²) in [6.45, 7) is 14.1. The SMILES string of the molecule is CCC(C)CCCCCCCCC(=O)O[C@H](COC(=O)CCCCCCCCCC(C)C)COP(=O)(O)OCC(O)COP(=O)(O)OC[C@@H](COC(=O)CCCCCCCCCCCCCC(C)C)OC(=O)CCCCCCCCCCCCCCCCC(C)C. The summed E-state index contributed by atoms with van der Waals surface area (Å²) in [5.74, 6) is 0.862. The van der Waals surface area contributed by atoms with E-state index in [1.54, 1.807) is 0 Å². The summed E-state index contributed by atoms with van der Waals surface area (Å²) in [5.41, 5.74) is 0. The van der Waals surface area contributed by atoms with Gasteiger partial charge in [-0.25, -0.2) is 9.13 Å². The molecule has 0 aromatic carbocycles. The molecule has 0 spiro atoms. The van der Waals surface area contributed by atoms with E-state index in [1.165, 1.54) is 154 Å². The van der Waals surface area contributed by atoms with E-state index >= 15 is 0 Å². The minimum atomic E-state index is -4.95. The van der Waals surface area contributed by atoms with Crippen LogP contribution >= 0.6 is 15.6 Å². The van der Waals surface area contributed by atoms with E-state index in [9.17, 15) is 43.2 Å². The number of unbranched alkanes of at least 4 members (excludes halogenated alkanes) is 34. The molecule has 0 amide bonds. The topological polar surface area (TPSA) is 237 Å². The minimum Gasteiger partial charge on any atom is -0.462 e. The van der Waals surface area contributed by atoms with E-state index in [0.29, 0.717) is 31.6 Å². The molecule has 540 valence electrons. The number of hydrogen-bond acceptors (Lipinski definition) is 15. The Labute approximate surface area is 556 Å². The molecule has 0 aliphatic carbocycles. The minimum absolute atomic E-state index is 0.102. The highest BCUT2D eigenvalue weighted by Gasteiger charge is 2.30. The van der Waals surface area contributed by atoms with Gasteiger partial charge in [-0.15, -0.1) is 0 Å². The van der Waals surface area contributed by atoms with Gasteiger partial charge in [0, 0.05) is 25.7 Å². The molecule has 0 fully saturated rings. The number of aliphatic hydroxyl groups is 1. The number of carbonyl (C=O) groups is 4. The van der Waals surface area contributed by atoms with Gasteiger partial charge >= 0.3 is 39.5 Å². The normalized spacial score (nSPS) is 14.5. The van der Waals surface area contributed by atoms with Gasteiger partial charge in [-0.1, -0.05) is 306 Å². The van der Waals surface area contributed by atoms with Crippen LogP contribution in [0.4, 0.5) is 0 Å². The van der Waals surface area contributed by atoms with Gasteiger partial charge in [-0.3, -0.25) is 37.3 Å². The summed E-state index contributed by atoms with van der Waals surface area (Å²) >= 11 is 0. The highest BCUT2D eigenvalue weighted by molar-refractivity contribution is 7.47. The van der Waals surface area contributed by atoms with Gasteiger partial charge in [-0.2, -0.15) is 0 Å². The van der Waals surface area contributed by atoms with Gasteiger partial charge < -0.3 is 33.8 Å². The Morgan fingerprint density at radius 3 is 0.780 bits per heavy atom. The molecule has 0 rings (SSSR count). The number of phosphoric ester groups is 2. The number of esters is 4. The van der Waals surface area contributed by atoms with E-state index in [0.717, 1.165) is 114 Å². The van der Waals surface area contributed by atoms with Crippen LogP contribution in [0.3, 0.4) is 0 Å². The van der Waals surface area contributed by atoms with Crippen molar-refractivity contribution in [3.63, 3.8) is 0 Å². The molecule has 6 atom stereocenters. The molecule has 0 aliphatic rings. The molecule has 0 aromatic heterocycles. The van der Waals surface area contributed by atoms with Crippen molar-refractivity contribution in [1.82, 2.24) is 0 Å². The predicted molar refractivity (Wildman–Crippen MR) is 367 cm³/mol. The highest BCUT2D eigenvalue weighted by atomic mass is 31.2. The number of rotatable bonds is 69. The first kappa shape index (κ1) is 89.1. The van der Waals surface area contributed by atoms with Gasteiger partial charge in [0.05, 0.1) is 26.4 Å². The molecular weight excluding hydrogens is 1200 g/mol. The Hall–Kier alpha value is -1.94. The van der Waals surface area contributed by atoms with Crippen molar-refractivity contribution in [1.29, 1.82) is 0 Å². The van der Waals surface area contributed by atoms with E-state index in [2.05, 4.69) is 55.4 Å². The largest absolute Gasteiger partial charge is 0.472 e. The molecule has 0 saturated heterocycles. The van der Waals surface area contributed by atoms with Crippen molar-refractivity contribution >= 4 is 39.5 Å². The third kappa shape index (κ3) is 65.1. The summed E-state index contributed by atoms with van der Waals surface area (Å²) in [7, 11) is -9.91. The van der Waals surface area contributed by atoms with Crippen LogP contribution in [-0.2, 0) is 65.4 Å². The molecule has 0 aliphatic heterocycles. The van der Waals surface area contributed by atoms with Crippen molar-refractivity contribution in [3.05, 3.63) is 0 Å². The lowest BCUT2D eigenvalue weighted by atomic mass is 10.00. The molecule has 0 bridgehead atoms.